The molecule has 10 heteroatoms. The number of nitrogens with zero attached hydrogens (tertiary/aromatic N) is 2. The third-order valence-electron chi connectivity index (χ3n) is 6.26. The van der Waals surface area contributed by atoms with Crippen LogP contribution in [0, 0.1) is 5.82 Å². The molecule has 2 aromatic carbocycles. The highest BCUT2D eigenvalue weighted by molar-refractivity contribution is 6.13. The van der Waals surface area contributed by atoms with Crippen LogP contribution >= 0.6 is 0 Å². The predicted molar refractivity (Wildman–Crippen MR) is 136 cm³/mol. The van der Waals surface area contributed by atoms with Gasteiger partial charge in [-0.2, -0.15) is 0 Å². The van der Waals surface area contributed by atoms with Gasteiger partial charge in [-0.15, -0.1) is 0 Å². The smallest absolute Gasteiger partial charge is 0.291 e. The Morgan fingerprint density at radius 3 is 2.59 bits per heavy atom. The van der Waals surface area contributed by atoms with Gasteiger partial charge in [0.2, 0.25) is 5.76 Å². The van der Waals surface area contributed by atoms with E-state index in [4.69, 9.17) is 19.3 Å². The van der Waals surface area contributed by atoms with Gasteiger partial charge in [-0.05, 0) is 49.4 Å². The van der Waals surface area contributed by atoms with Crippen LogP contribution in [0.3, 0.4) is 0 Å². The van der Waals surface area contributed by atoms with Gasteiger partial charge in [0, 0.05) is 31.6 Å². The highest BCUT2D eigenvalue weighted by Gasteiger charge is 2.24. The van der Waals surface area contributed by atoms with Gasteiger partial charge in [-0.25, -0.2) is 4.39 Å². The van der Waals surface area contributed by atoms with Crippen LogP contribution in [0.15, 0.2) is 63.4 Å². The van der Waals surface area contributed by atoms with Crippen molar-refractivity contribution in [2.24, 2.45) is 5.73 Å². The largest absolute Gasteiger partial charge is 0.492 e. The summed E-state index contributed by atoms with van der Waals surface area (Å²) in [5.74, 6) is -0.709. The zero-order valence-corrected chi connectivity index (χ0v) is 20.3. The van der Waals surface area contributed by atoms with Crippen LogP contribution in [0.5, 0.6) is 5.75 Å². The van der Waals surface area contributed by atoms with Crippen molar-refractivity contribution in [2.75, 3.05) is 43.0 Å². The molecule has 1 fully saturated rings. The lowest BCUT2D eigenvalue weighted by molar-refractivity contribution is 0.0977. The van der Waals surface area contributed by atoms with Crippen LogP contribution < -0.4 is 20.7 Å². The van der Waals surface area contributed by atoms with Crippen LogP contribution in [0.1, 0.15) is 33.8 Å². The van der Waals surface area contributed by atoms with E-state index in [0.29, 0.717) is 18.9 Å². The van der Waals surface area contributed by atoms with Crippen molar-refractivity contribution < 1.29 is 27.6 Å². The summed E-state index contributed by atoms with van der Waals surface area (Å²) in [4.78, 5) is 29.3. The molecule has 0 spiro atoms. The maximum absolute atomic E-state index is 13.8. The summed E-state index contributed by atoms with van der Waals surface area (Å²) in [5, 5.41) is 2.82. The van der Waals surface area contributed by atoms with Crippen LogP contribution in [0.25, 0.3) is 11.0 Å². The fourth-order valence-electron chi connectivity index (χ4n) is 4.49. The Morgan fingerprint density at radius 2 is 1.84 bits per heavy atom. The number of furan rings is 2. The molecule has 192 valence electrons. The topological polar surface area (TPSA) is 114 Å². The molecule has 0 radical (unpaired) electrons. The predicted octanol–water partition coefficient (Wildman–Crippen LogP) is 4.24. The van der Waals surface area contributed by atoms with Crippen molar-refractivity contribution in [3.8, 4) is 5.75 Å². The number of fused-ring (bicyclic) bond motifs is 1. The second-order valence-corrected chi connectivity index (χ2v) is 8.69. The summed E-state index contributed by atoms with van der Waals surface area (Å²) >= 11 is 0. The fourth-order valence-corrected chi connectivity index (χ4v) is 4.49. The van der Waals surface area contributed by atoms with Gasteiger partial charge >= 0.3 is 0 Å². The molecule has 0 unspecified atom stereocenters. The van der Waals surface area contributed by atoms with Crippen LogP contribution in [0.2, 0.25) is 0 Å². The SMILES string of the molecule is CCOc1ccccc1N1CCN(Cc2ccc(C(=O)Nc3c(C(N)=O)oc4ccc(F)cc34)o2)CC1. The van der Waals surface area contributed by atoms with E-state index in [1.165, 1.54) is 18.2 Å². The maximum Gasteiger partial charge on any atom is 0.291 e. The van der Waals surface area contributed by atoms with Gasteiger partial charge in [-0.1, -0.05) is 12.1 Å². The number of hydrogen-bond donors (Lipinski definition) is 2. The van der Waals surface area contributed by atoms with Crippen molar-refractivity contribution >= 4 is 34.2 Å². The van der Waals surface area contributed by atoms with Gasteiger partial charge in [-0.3, -0.25) is 14.5 Å². The van der Waals surface area contributed by atoms with E-state index in [1.807, 2.05) is 25.1 Å². The molecule has 0 aliphatic carbocycles. The van der Waals surface area contributed by atoms with Crippen molar-refractivity contribution in [1.82, 2.24) is 4.90 Å². The molecule has 0 saturated carbocycles. The Morgan fingerprint density at radius 1 is 1.05 bits per heavy atom. The minimum atomic E-state index is -0.880. The number of benzene rings is 2. The number of halogens is 1. The first-order chi connectivity index (χ1) is 17.9. The number of primary amides is 1. The minimum absolute atomic E-state index is 0.00778. The number of piperazine rings is 1. The molecule has 1 aliphatic heterocycles. The average Bonchev–Trinajstić information content (AvgIpc) is 3.50. The lowest BCUT2D eigenvalue weighted by atomic mass is 10.2. The number of para-hydroxylation sites is 2. The average molecular weight is 507 g/mol. The zero-order chi connectivity index (χ0) is 25.9. The highest BCUT2D eigenvalue weighted by atomic mass is 19.1. The summed E-state index contributed by atoms with van der Waals surface area (Å²) in [6.07, 6.45) is 0. The van der Waals surface area contributed by atoms with E-state index in [9.17, 15) is 14.0 Å². The summed E-state index contributed by atoms with van der Waals surface area (Å²) < 4.78 is 30.8. The first-order valence-corrected chi connectivity index (χ1v) is 12.0. The number of nitrogens with two attached hydrogens (primary N) is 1. The van der Waals surface area contributed by atoms with Crippen molar-refractivity contribution in [2.45, 2.75) is 13.5 Å². The van der Waals surface area contributed by atoms with E-state index in [-0.39, 0.29) is 28.2 Å². The summed E-state index contributed by atoms with van der Waals surface area (Å²) in [7, 11) is 0. The van der Waals surface area contributed by atoms with Gasteiger partial charge in [0.05, 0.1) is 18.8 Å². The number of rotatable bonds is 8. The molecule has 9 nitrogen and oxygen atoms in total. The first-order valence-electron chi connectivity index (χ1n) is 12.0. The third-order valence-corrected chi connectivity index (χ3v) is 6.26. The van der Waals surface area contributed by atoms with Crippen molar-refractivity contribution in [3.63, 3.8) is 0 Å². The monoisotopic (exact) mass is 506 g/mol. The number of hydrogen-bond acceptors (Lipinski definition) is 7. The molecule has 3 heterocycles. The van der Waals surface area contributed by atoms with Gasteiger partial charge < -0.3 is 29.5 Å². The molecule has 2 amide bonds. The summed E-state index contributed by atoms with van der Waals surface area (Å²) in [5.41, 5.74) is 6.72. The number of carbonyl (C=O) groups excluding carboxylic acids is 2. The van der Waals surface area contributed by atoms with E-state index in [0.717, 1.165) is 37.6 Å². The van der Waals surface area contributed by atoms with E-state index >= 15 is 0 Å². The van der Waals surface area contributed by atoms with Crippen molar-refractivity contribution in [3.05, 3.63) is 77.7 Å². The van der Waals surface area contributed by atoms with Gasteiger partial charge in [0.15, 0.2) is 5.76 Å². The third kappa shape index (κ3) is 5.14. The lowest BCUT2D eigenvalue weighted by Crippen LogP contribution is -2.46. The molecule has 5 rings (SSSR count). The number of amides is 2. The lowest BCUT2D eigenvalue weighted by Gasteiger charge is -2.36. The number of nitrogens with one attached hydrogen (secondary N) is 1. The molecular weight excluding hydrogens is 479 g/mol. The Bertz CT molecular complexity index is 1440. The number of ether oxygens (including phenoxy) is 1. The second kappa shape index (κ2) is 10.4. The molecule has 0 atom stereocenters. The Kier molecular flexibility index (Phi) is 6.82. The summed E-state index contributed by atoms with van der Waals surface area (Å²) in [6, 6.07) is 15.1. The number of carbonyl (C=O) groups is 2. The minimum Gasteiger partial charge on any atom is -0.492 e. The Labute approximate surface area is 212 Å². The van der Waals surface area contributed by atoms with Gasteiger partial charge in [0.1, 0.15) is 28.6 Å². The molecule has 0 bridgehead atoms. The fraction of sp³-hybridized carbons (Fsp3) is 0.259. The Hall–Kier alpha value is -4.31. The first kappa shape index (κ1) is 24.4. The second-order valence-electron chi connectivity index (χ2n) is 8.69. The highest BCUT2D eigenvalue weighted by Crippen LogP contribution is 2.32. The molecule has 2 aromatic heterocycles. The summed E-state index contributed by atoms with van der Waals surface area (Å²) in [6.45, 7) is 6.43. The van der Waals surface area contributed by atoms with Crippen LogP contribution in [-0.4, -0.2) is 49.5 Å². The number of anilines is 2. The molecule has 4 aromatic rings. The maximum atomic E-state index is 13.8. The Balaban J connectivity index is 1.23. The van der Waals surface area contributed by atoms with E-state index < -0.39 is 17.6 Å². The molecule has 37 heavy (non-hydrogen) atoms. The normalized spacial score (nSPS) is 14.2. The van der Waals surface area contributed by atoms with Crippen LogP contribution in [0.4, 0.5) is 15.8 Å². The standard InChI is InChI=1S/C27H27FN4O5/c1-2-35-22-6-4-3-5-20(22)32-13-11-31(12-14-32)16-18-8-10-23(36-18)27(34)30-24-19-15-17(28)7-9-21(19)37-25(24)26(29)33/h3-10,15H,2,11-14,16H2,1H3,(H2,29,33)(H,30,34). The van der Waals surface area contributed by atoms with E-state index in [2.05, 4.69) is 21.2 Å². The molecule has 1 aliphatic rings. The zero-order valence-electron chi connectivity index (χ0n) is 20.3. The quantitative estimate of drug-likeness (QED) is 0.367. The van der Waals surface area contributed by atoms with Gasteiger partial charge in [0.25, 0.3) is 11.8 Å². The van der Waals surface area contributed by atoms with Crippen LogP contribution in [-0.2, 0) is 6.54 Å². The molecular formula is C27H27FN4O5. The van der Waals surface area contributed by atoms with Crippen molar-refractivity contribution in [1.29, 1.82) is 0 Å². The molecule has 3 N–H and O–H groups in total. The van der Waals surface area contributed by atoms with E-state index in [1.54, 1.807) is 12.1 Å². The molecule has 1 saturated heterocycles.